The van der Waals surface area contributed by atoms with E-state index in [-0.39, 0.29) is 18.5 Å². The fourth-order valence-electron chi connectivity index (χ4n) is 2.45. The maximum atomic E-state index is 5.75. The summed E-state index contributed by atoms with van der Waals surface area (Å²) in [6.07, 6.45) is 6.10. The Kier molecular flexibility index (Phi) is 4.47. The zero-order chi connectivity index (χ0) is 12.4. The standard InChI is InChI=1S/C14H15N3O.ClH/c15-8-14-12-3-1-2-11(10(12)4-7-18-14)13-9-16-5-6-17-13;/h1-3,5-6,9,14H,4,7-8,15H2;1H/t14-;/m0./s1. The van der Waals surface area contributed by atoms with E-state index in [1.54, 1.807) is 18.6 Å². The van der Waals surface area contributed by atoms with E-state index in [0.29, 0.717) is 13.2 Å². The molecule has 1 aliphatic heterocycles. The molecule has 1 aromatic heterocycles. The van der Waals surface area contributed by atoms with Crippen molar-refractivity contribution in [3.05, 3.63) is 47.9 Å². The van der Waals surface area contributed by atoms with Crippen molar-refractivity contribution in [1.29, 1.82) is 0 Å². The number of nitrogens with zero attached hydrogens (tertiary/aromatic N) is 2. The van der Waals surface area contributed by atoms with Crippen LogP contribution in [0.15, 0.2) is 36.8 Å². The fourth-order valence-corrected chi connectivity index (χ4v) is 2.45. The maximum absolute atomic E-state index is 5.75. The van der Waals surface area contributed by atoms with E-state index in [0.717, 1.165) is 17.7 Å². The topological polar surface area (TPSA) is 61.0 Å². The first-order valence-electron chi connectivity index (χ1n) is 6.10. The summed E-state index contributed by atoms with van der Waals surface area (Å²) in [5.41, 5.74) is 10.3. The second-order valence-electron chi connectivity index (χ2n) is 4.31. The first kappa shape index (κ1) is 13.9. The van der Waals surface area contributed by atoms with Crippen LogP contribution >= 0.6 is 12.4 Å². The molecule has 0 spiro atoms. The Balaban J connectivity index is 0.00000133. The van der Waals surface area contributed by atoms with Gasteiger partial charge in [-0.05, 0) is 17.5 Å². The second kappa shape index (κ2) is 6.10. The number of benzene rings is 1. The lowest BCUT2D eigenvalue weighted by atomic mass is 9.91. The molecule has 0 fully saturated rings. The van der Waals surface area contributed by atoms with Crippen LogP contribution in [0.2, 0.25) is 0 Å². The number of hydrogen-bond acceptors (Lipinski definition) is 4. The molecule has 4 nitrogen and oxygen atoms in total. The number of aromatic nitrogens is 2. The predicted octanol–water partition coefficient (Wildman–Crippen LogP) is 2.14. The Morgan fingerprint density at radius 1 is 1.32 bits per heavy atom. The monoisotopic (exact) mass is 277 g/mol. The fraction of sp³-hybridized carbons (Fsp3) is 0.286. The van der Waals surface area contributed by atoms with Gasteiger partial charge < -0.3 is 10.5 Å². The van der Waals surface area contributed by atoms with Gasteiger partial charge in [0.05, 0.1) is 24.6 Å². The van der Waals surface area contributed by atoms with Crippen LogP contribution in [-0.4, -0.2) is 23.1 Å². The molecule has 0 aliphatic carbocycles. The minimum Gasteiger partial charge on any atom is -0.372 e. The lowest BCUT2D eigenvalue weighted by molar-refractivity contribution is 0.0486. The molecule has 0 amide bonds. The summed E-state index contributed by atoms with van der Waals surface area (Å²) in [6.45, 7) is 1.23. The van der Waals surface area contributed by atoms with Crippen molar-refractivity contribution in [3.63, 3.8) is 0 Å². The first-order chi connectivity index (χ1) is 8.90. The van der Waals surface area contributed by atoms with Crippen LogP contribution in [0.1, 0.15) is 17.2 Å². The molecule has 0 unspecified atom stereocenters. The predicted molar refractivity (Wildman–Crippen MR) is 76.2 cm³/mol. The smallest absolute Gasteiger partial charge is 0.0950 e. The molecule has 3 rings (SSSR count). The minimum atomic E-state index is 0. The maximum Gasteiger partial charge on any atom is 0.0950 e. The van der Waals surface area contributed by atoms with E-state index in [9.17, 15) is 0 Å². The molecule has 2 N–H and O–H groups in total. The van der Waals surface area contributed by atoms with E-state index in [4.69, 9.17) is 10.5 Å². The highest BCUT2D eigenvalue weighted by Crippen LogP contribution is 2.32. The molecule has 0 bridgehead atoms. The van der Waals surface area contributed by atoms with Gasteiger partial charge >= 0.3 is 0 Å². The van der Waals surface area contributed by atoms with Gasteiger partial charge in [0.2, 0.25) is 0 Å². The van der Waals surface area contributed by atoms with Crippen molar-refractivity contribution >= 4 is 12.4 Å². The summed E-state index contributed by atoms with van der Waals surface area (Å²) < 4.78 is 5.68. The molecule has 0 saturated heterocycles. The highest BCUT2D eigenvalue weighted by Gasteiger charge is 2.22. The van der Waals surface area contributed by atoms with Gasteiger partial charge in [0.15, 0.2) is 0 Å². The van der Waals surface area contributed by atoms with Crippen LogP contribution in [0.3, 0.4) is 0 Å². The Labute approximate surface area is 118 Å². The molecule has 1 aliphatic rings. The van der Waals surface area contributed by atoms with Gasteiger partial charge in [-0.15, -0.1) is 12.4 Å². The van der Waals surface area contributed by atoms with Gasteiger partial charge in [0.1, 0.15) is 0 Å². The summed E-state index contributed by atoms with van der Waals surface area (Å²) in [5.74, 6) is 0. The molecule has 19 heavy (non-hydrogen) atoms. The second-order valence-corrected chi connectivity index (χ2v) is 4.31. The number of nitrogens with two attached hydrogens (primary N) is 1. The van der Waals surface area contributed by atoms with Crippen LogP contribution in [0.4, 0.5) is 0 Å². The number of ether oxygens (including phenoxy) is 1. The van der Waals surface area contributed by atoms with Crippen molar-refractivity contribution in [2.24, 2.45) is 5.73 Å². The van der Waals surface area contributed by atoms with Crippen LogP contribution in [0, 0.1) is 0 Å². The largest absolute Gasteiger partial charge is 0.372 e. The molecule has 0 radical (unpaired) electrons. The Morgan fingerprint density at radius 3 is 2.95 bits per heavy atom. The van der Waals surface area contributed by atoms with Crippen molar-refractivity contribution in [3.8, 4) is 11.3 Å². The lowest BCUT2D eigenvalue weighted by Gasteiger charge is -2.26. The third-order valence-corrected chi connectivity index (χ3v) is 3.28. The summed E-state index contributed by atoms with van der Waals surface area (Å²) in [7, 11) is 0. The first-order valence-corrected chi connectivity index (χ1v) is 6.10. The average Bonchev–Trinajstić information content (AvgIpc) is 2.47. The third-order valence-electron chi connectivity index (χ3n) is 3.28. The van der Waals surface area contributed by atoms with Gasteiger partial charge in [-0.2, -0.15) is 0 Å². The van der Waals surface area contributed by atoms with Crippen molar-refractivity contribution in [2.45, 2.75) is 12.5 Å². The van der Waals surface area contributed by atoms with E-state index in [1.807, 2.05) is 6.07 Å². The summed E-state index contributed by atoms with van der Waals surface area (Å²) in [5, 5.41) is 0. The van der Waals surface area contributed by atoms with E-state index >= 15 is 0 Å². The molecule has 2 aromatic rings. The SMILES string of the molecule is Cl.NC[C@@H]1OCCc2c(-c3cnccn3)cccc21. The highest BCUT2D eigenvalue weighted by atomic mass is 35.5. The Morgan fingerprint density at radius 2 is 2.21 bits per heavy atom. The number of fused-ring (bicyclic) bond motifs is 1. The van der Waals surface area contributed by atoms with Gasteiger partial charge in [-0.1, -0.05) is 18.2 Å². The normalized spacial score (nSPS) is 17.4. The summed E-state index contributed by atoms with van der Waals surface area (Å²) in [6, 6.07) is 6.20. The molecule has 1 atom stereocenters. The van der Waals surface area contributed by atoms with Gasteiger partial charge in [0, 0.05) is 24.5 Å². The molecular formula is C14H16ClN3O. The molecule has 1 aromatic carbocycles. The van der Waals surface area contributed by atoms with Gasteiger partial charge in [-0.25, -0.2) is 0 Å². The quantitative estimate of drug-likeness (QED) is 0.914. The summed E-state index contributed by atoms with van der Waals surface area (Å²) in [4.78, 5) is 8.50. The zero-order valence-corrected chi connectivity index (χ0v) is 11.3. The van der Waals surface area contributed by atoms with E-state index < -0.39 is 0 Å². The number of halogens is 1. The Hall–Kier alpha value is -1.49. The van der Waals surface area contributed by atoms with Crippen LogP contribution in [-0.2, 0) is 11.2 Å². The van der Waals surface area contributed by atoms with Crippen LogP contribution in [0.5, 0.6) is 0 Å². The lowest BCUT2D eigenvalue weighted by Crippen LogP contribution is -2.23. The molecule has 100 valence electrons. The molecular weight excluding hydrogens is 262 g/mol. The number of rotatable bonds is 2. The van der Waals surface area contributed by atoms with E-state index in [2.05, 4.69) is 22.1 Å². The van der Waals surface area contributed by atoms with E-state index in [1.165, 1.54) is 11.1 Å². The van der Waals surface area contributed by atoms with Crippen LogP contribution < -0.4 is 5.73 Å². The third kappa shape index (κ3) is 2.61. The van der Waals surface area contributed by atoms with Gasteiger partial charge in [-0.3, -0.25) is 9.97 Å². The average molecular weight is 278 g/mol. The highest BCUT2D eigenvalue weighted by molar-refractivity contribution is 5.85. The zero-order valence-electron chi connectivity index (χ0n) is 10.5. The molecule has 5 heteroatoms. The summed E-state index contributed by atoms with van der Waals surface area (Å²) >= 11 is 0. The van der Waals surface area contributed by atoms with Gasteiger partial charge in [0.25, 0.3) is 0 Å². The molecule has 0 saturated carbocycles. The minimum absolute atomic E-state index is 0. The van der Waals surface area contributed by atoms with Crippen LogP contribution in [0.25, 0.3) is 11.3 Å². The van der Waals surface area contributed by atoms with Crippen molar-refractivity contribution < 1.29 is 4.74 Å². The van der Waals surface area contributed by atoms with Crippen molar-refractivity contribution in [1.82, 2.24) is 9.97 Å². The Bertz CT molecular complexity index is 548. The van der Waals surface area contributed by atoms with Crippen molar-refractivity contribution in [2.75, 3.05) is 13.2 Å². The molecule has 2 heterocycles. The number of hydrogen-bond donors (Lipinski definition) is 1.